The fraction of sp³-hybridized carbons (Fsp3) is 0.188. The van der Waals surface area contributed by atoms with Gasteiger partial charge in [-0.2, -0.15) is 0 Å². The molecule has 110 valence electrons. The first kappa shape index (κ1) is 15.9. The highest BCUT2D eigenvalue weighted by Crippen LogP contribution is 2.16. The largest absolute Gasteiger partial charge is 0.389 e. The molecule has 0 aliphatic carbocycles. The van der Waals surface area contributed by atoms with Crippen molar-refractivity contribution in [1.29, 1.82) is 0 Å². The van der Waals surface area contributed by atoms with E-state index in [2.05, 4.69) is 0 Å². The maximum atomic E-state index is 14.0. The van der Waals surface area contributed by atoms with Crippen LogP contribution in [0.3, 0.4) is 0 Å². The van der Waals surface area contributed by atoms with Gasteiger partial charge in [-0.25, -0.2) is 4.39 Å². The predicted molar refractivity (Wildman–Crippen MR) is 88.9 cm³/mol. The second-order valence-corrected chi connectivity index (χ2v) is 5.85. The van der Waals surface area contributed by atoms with E-state index < -0.39 is 0 Å². The van der Waals surface area contributed by atoms with Crippen molar-refractivity contribution in [1.82, 2.24) is 4.90 Å². The van der Waals surface area contributed by atoms with Gasteiger partial charge in [0.2, 0.25) is 0 Å². The Balaban J connectivity index is 2.06. The number of nitrogens with two attached hydrogens (primary N) is 1. The molecule has 0 saturated heterocycles. The van der Waals surface area contributed by atoms with E-state index in [9.17, 15) is 4.39 Å². The van der Waals surface area contributed by atoms with E-state index >= 15 is 0 Å². The van der Waals surface area contributed by atoms with E-state index in [0.717, 1.165) is 5.56 Å². The Labute approximate surface area is 134 Å². The Bertz CT molecular complexity index is 660. The zero-order valence-electron chi connectivity index (χ0n) is 11.6. The van der Waals surface area contributed by atoms with Gasteiger partial charge in [0, 0.05) is 29.2 Å². The fourth-order valence-electron chi connectivity index (χ4n) is 2.12. The summed E-state index contributed by atoms with van der Waals surface area (Å²) in [6.07, 6.45) is 0. The van der Waals surface area contributed by atoms with E-state index in [0.29, 0.717) is 29.2 Å². The van der Waals surface area contributed by atoms with Crippen LogP contribution in [-0.2, 0) is 13.1 Å². The van der Waals surface area contributed by atoms with Crippen LogP contribution >= 0.6 is 23.8 Å². The third-order valence-corrected chi connectivity index (χ3v) is 3.59. The van der Waals surface area contributed by atoms with Gasteiger partial charge in [-0.05, 0) is 30.8 Å². The normalized spacial score (nSPS) is 10.9. The Morgan fingerprint density at radius 1 is 1.24 bits per heavy atom. The lowest BCUT2D eigenvalue weighted by Gasteiger charge is -2.17. The Morgan fingerprint density at radius 3 is 2.62 bits per heavy atom. The molecular formula is C16H16ClFN2S. The molecule has 0 heterocycles. The van der Waals surface area contributed by atoms with Crippen LogP contribution < -0.4 is 5.73 Å². The molecule has 2 aromatic carbocycles. The van der Waals surface area contributed by atoms with Gasteiger partial charge in [-0.1, -0.05) is 48.1 Å². The smallest absolute Gasteiger partial charge is 0.128 e. The minimum atomic E-state index is -0.293. The molecule has 2 nitrogen and oxygen atoms in total. The van der Waals surface area contributed by atoms with Crippen molar-refractivity contribution in [2.24, 2.45) is 5.73 Å². The summed E-state index contributed by atoms with van der Waals surface area (Å²) in [5.41, 5.74) is 7.74. The lowest BCUT2D eigenvalue weighted by Crippen LogP contribution is -2.18. The van der Waals surface area contributed by atoms with Crippen molar-refractivity contribution in [3.05, 3.63) is 70.0 Å². The van der Waals surface area contributed by atoms with E-state index in [-0.39, 0.29) is 10.8 Å². The topological polar surface area (TPSA) is 29.3 Å². The number of hydrogen-bond donors (Lipinski definition) is 1. The standard InChI is InChI=1S/C16H16ClFN2S/c1-20(9-11-3-2-4-14(17)7-11)10-13-6-5-12(16(19)21)8-15(13)18/h2-8H,9-10H2,1H3,(H2,19,21). The second kappa shape index (κ2) is 6.98. The van der Waals surface area contributed by atoms with Crippen LogP contribution in [-0.4, -0.2) is 16.9 Å². The van der Waals surface area contributed by atoms with Crippen LogP contribution in [0.25, 0.3) is 0 Å². The van der Waals surface area contributed by atoms with Crippen molar-refractivity contribution in [3.63, 3.8) is 0 Å². The Morgan fingerprint density at radius 2 is 2.00 bits per heavy atom. The van der Waals surface area contributed by atoms with Crippen LogP contribution in [0.4, 0.5) is 4.39 Å². The molecule has 0 bridgehead atoms. The van der Waals surface area contributed by atoms with Crippen LogP contribution in [0.1, 0.15) is 16.7 Å². The van der Waals surface area contributed by atoms with Crippen molar-refractivity contribution < 1.29 is 4.39 Å². The zero-order chi connectivity index (χ0) is 15.4. The molecule has 2 aromatic rings. The van der Waals surface area contributed by atoms with Crippen molar-refractivity contribution in [2.45, 2.75) is 13.1 Å². The molecule has 0 aliphatic rings. The molecule has 0 saturated carbocycles. The maximum Gasteiger partial charge on any atom is 0.128 e. The Kier molecular flexibility index (Phi) is 5.28. The molecule has 0 fully saturated rings. The SMILES string of the molecule is CN(Cc1cccc(Cl)c1)Cc1ccc(C(N)=S)cc1F. The summed E-state index contributed by atoms with van der Waals surface area (Å²) in [4.78, 5) is 2.22. The van der Waals surface area contributed by atoms with Gasteiger partial charge in [0.25, 0.3) is 0 Å². The average molecular weight is 323 g/mol. The molecule has 0 atom stereocenters. The lowest BCUT2D eigenvalue weighted by atomic mass is 10.1. The van der Waals surface area contributed by atoms with Crippen molar-refractivity contribution in [2.75, 3.05) is 7.05 Å². The molecule has 0 aliphatic heterocycles. The Hall–Kier alpha value is -1.49. The fourth-order valence-corrected chi connectivity index (χ4v) is 2.46. The summed E-state index contributed by atoms with van der Waals surface area (Å²) in [5.74, 6) is -0.293. The summed E-state index contributed by atoms with van der Waals surface area (Å²) >= 11 is 10.8. The van der Waals surface area contributed by atoms with Gasteiger partial charge < -0.3 is 5.73 Å². The molecule has 0 spiro atoms. The number of hydrogen-bond acceptors (Lipinski definition) is 2. The van der Waals surface area contributed by atoms with E-state index in [1.165, 1.54) is 6.07 Å². The summed E-state index contributed by atoms with van der Waals surface area (Å²) in [5, 5.41) is 0.702. The van der Waals surface area contributed by atoms with Gasteiger partial charge in [0.15, 0.2) is 0 Å². The highest BCUT2D eigenvalue weighted by molar-refractivity contribution is 7.80. The number of halogens is 2. The number of rotatable bonds is 5. The van der Waals surface area contributed by atoms with Crippen LogP contribution in [0.2, 0.25) is 5.02 Å². The number of benzene rings is 2. The highest BCUT2D eigenvalue weighted by atomic mass is 35.5. The van der Waals surface area contributed by atoms with Crippen molar-refractivity contribution >= 4 is 28.8 Å². The van der Waals surface area contributed by atoms with Gasteiger partial charge in [-0.3, -0.25) is 4.90 Å². The van der Waals surface area contributed by atoms with E-state index in [4.69, 9.17) is 29.6 Å². The molecule has 21 heavy (non-hydrogen) atoms. The van der Waals surface area contributed by atoms with Gasteiger partial charge in [0.1, 0.15) is 10.8 Å². The van der Waals surface area contributed by atoms with E-state index in [1.54, 1.807) is 12.1 Å². The van der Waals surface area contributed by atoms with Crippen molar-refractivity contribution in [3.8, 4) is 0 Å². The molecule has 5 heteroatoms. The van der Waals surface area contributed by atoms with Gasteiger partial charge in [0.05, 0.1) is 0 Å². The summed E-state index contributed by atoms with van der Waals surface area (Å²) in [6, 6.07) is 12.5. The molecule has 2 rings (SSSR count). The van der Waals surface area contributed by atoms with E-state index in [1.807, 2.05) is 36.2 Å². The number of thiocarbonyl (C=S) groups is 1. The minimum Gasteiger partial charge on any atom is -0.389 e. The minimum absolute atomic E-state index is 0.202. The van der Waals surface area contributed by atoms with Gasteiger partial charge >= 0.3 is 0 Å². The van der Waals surface area contributed by atoms with Crippen LogP contribution in [0, 0.1) is 5.82 Å². The summed E-state index contributed by atoms with van der Waals surface area (Å²) in [6.45, 7) is 1.19. The second-order valence-electron chi connectivity index (χ2n) is 4.97. The molecule has 0 aromatic heterocycles. The maximum absolute atomic E-state index is 14.0. The quantitative estimate of drug-likeness (QED) is 0.850. The first-order valence-electron chi connectivity index (χ1n) is 6.47. The molecule has 0 amide bonds. The monoisotopic (exact) mass is 322 g/mol. The molecule has 0 unspecified atom stereocenters. The number of nitrogens with zero attached hydrogens (tertiary/aromatic N) is 1. The molecular weight excluding hydrogens is 307 g/mol. The molecule has 2 N–H and O–H groups in total. The first-order chi connectivity index (χ1) is 9.95. The van der Waals surface area contributed by atoms with Crippen LogP contribution in [0.15, 0.2) is 42.5 Å². The van der Waals surface area contributed by atoms with Crippen LogP contribution in [0.5, 0.6) is 0 Å². The van der Waals surface area contributed by atoms with Gasteiger partial charge in [-0.15, -0.1) is 0 Å². The predicted octanol–water partition coefficient (Wildman–Crippen LogP) is 3.75. The summed E-state index contributed by atoms with van der Waals surface area (Å²) in [7, 11) is 1.93. The summed E-state index contributed by atoms with van der Waals surface area (Å²) < 4.78 is 14.0. The highest BCUT2D eigenvalue weighted by Gasteiger charge is 2.08. The zero-order valence-corrected chi connectivity index (χ0v) is 13.2. The average Bonchev–Trinajstić information content (AvgIpc) is 2.40. The third kappa shape index (κ3) is 4.49. The lowest BCUT2D eigenvalue weighted by molar-refractivity contribution is 0.313. The molecule has 0 radical (unpaired) electrons. The first-order valence-corrected chi connectivity index (χ1v) is 7.25. The third-order valence-electron chi connectivity index (χ3n) is 3.12.